The summed E-state index contributed by atoms with van der Waals surface area (Å²) in [4.78, 5) is 18.7. The maximum absolute atomic E-state index is 13.7. The quantitative estimate of drug-likeness (QED) is 0.651. The molecular formula is C30H37N3O2. The van der Waals surface area contributed by atoms with Crippen molar-refractivity contribution >= 4 is 5.91 Å². The first-order chi connectivity index (χ1) is 17.1. The van der Waals surface area contributed by atoms with E-state index in [-0.39, 0.29) is 16.7 Å². The molecule has 2 aliphatic heterocycles. The molecule has 7 rings (SSSR count). The smallest absolute Gasteiger partial charge is 0.254 e. The highest BCUT2D eigenvalue weighted by Crippen LogP contribution is 2.75. The van der Waals surface area contributed by atoms with Gasteiger partial charge in [0.1, 0.15) is 5.75 Å². The number of benzene rings is 2. The van der Waals surface area contributed by atoms with Gasteiger partial charge in [-0.25, -0.2) is 0 Å². The summed E-state index contributed by atoms with van der Waals surface area (Å²) in [5.74, 6) is 1.68. The van der Waals surface area contributed by atoms with Crippen LogP contribution >= 0.6 is 0 Å². The van der Waals surface area contributed by atoms with Crippen molar-refractivity contribution in [1.29, 1.82) is 0 Å². The monoisotopic (exact) mass is 471 g/mol. The Morgan fingerprint density at radius 1 is 1.17 bits per heavy atom. The predicted octanol–water partition coefficient (Wildman–Crippen LogP) is 3.81. The summed E-state index contributed by atoms with van der Waals surface area (Å²) < 4.78 is 0. The van der Waals surface area contributed by atoms with E-state index < -0.39 is 0 Å². The van der Waals surface area contributed by atoms with Crippen LogP contribution in [0.1, 0.15) is 53.6 Å². The fourth-order valence-corrected chi connectivity index (χ4v) is 9.80. The SMILES string of the molecule is CNCCCN1CCC23c4cc(O)ccc4CC1C21CCC2C3[C@@H](CN2C(=O)c2ccccc2)C1. The summed E-state index contributed by atoms with van der Waals surface area (Å²) >= 11 is 0. The standard InChI is InChI=1S/C30H37N3O2/c1-31-13-5-14-32-15-12-30-24-17-23(34)9-8-21(24)16-26(32)29(30)11-10-25-27(30)22(18-29)19-33(25)28(35)20-6-3-2-4-7-20/h2-4,6-9,17,22,25-27,31,34H,5,10-16,18-19H2,1H3/t22-,25?,26?,27?,29?,30?/m1/s1. The Hall–Kier alpha value is -2.37. The fourth-order valence-electron chi connectivity index (χ4n) is 9.80. The first kappa shape index (κ1) is 21.9. The largest absolute Gasteiger partial charge is 0.508 e. The van der Waals surface area contributed by atoms with Gasteiger partial charge in [0.25, 0.3) is 5.91 Å². The van der Waals surface area contributed by atoms with Crippen molar-refractivity contribution in [3.05, 3.63) is 65.2 Å². The van der Waals surface area contributed by atoms with Crippen LogP contribution in [0.15, 0.2) is 48.5 Å². The summed E-state index contributed by atoms with van der Waals surface area (Å²) in [7, 11) is 2.05. The van der Waals surface area contributed by atoms with Crippen molar-refractivity contribution < 1.29 is 9.90 Å². The second-order valence-electron chi connectivity index (χ2n) is 11.9. The van der Waals surface area contributed by atoms with Gasteiger partial charge in [0.15, 0.2) is 0 Å². The van der Waals surface area contributed by atoms with E-state index in [2.05, 4.69) is 27.2 Å². The van der Waals surface area contributed by atoms with Crippen LogP contribution in [0.25, 0.3) is 0 Å². The number of carbonyl (C=O) groups is 1. The Bertz CT molecular complexity index is 1150. The number of amides is 1. The van der Waals surface area contributed by atoms with Gasteiger partial charge in [0, 0.05) is 29.6 Å². The van der Waals surface area contributed by atoms with E-state index in [0.717, 1.165) is 51.0 Å². The average Bonchev–Trinajstić information content (AvgIpc) is 3.32. The van der Waals surface area contributed by atoms with Crippen LogP contribution in [0, 0.1) is 17.3 Å². The number of phenols is 1. The molecule has 0 aromatic heterocycles. The molecule has 184 valence electrons. The number of nitrogens with one attached hydrogen (secondary N) is 1. The molecule has 5 aliphatic rings. The summed E-state index contributed by atoms with van der Waals surface area (Å²) in [5.41, 5.74) is 4.05. The summed E-state index contributed by atoms with van der Waals surface area (Å²) in [6.07, 6.45) is 7.00. The zero-order chi connectivity index (χ0) is 23.8. The fraction of sp³-hybridized carbons (Fsp3) is 0.567. The Morgan fingerprint density at radius 2 is 2.03 bits per heavy atom. The second-order valence-corrected chi connectivity index (χ2v) is 11.9. The number of carbonyl (C=O) groups excluding carboxylic acids is 1. The van der Waals surface area contributed by atoms with Crippen molar-refractivity contribution in [1.82, 2.24) is 15.1 Å². The van der Waals surface area contributed by atoms with E-state index in [9.17, 15) is 9.90 Å². The predicted molar refractivity (Wildman–Crippen MR) is 137 cm³/mol. The number of piperidine rings is 1. The Balaban J connectivity index is 1.31. The minimum Gasteiger partial charge on any atom is -0.508 e. The maximum Gasteiger partial charge on any atom is 0.254 e. The molecule has 2 aromatic rings. The molecule has 35 heavy (non-hydrogen) atoms. The normalized spacial score (nSPS) is 36.7. The van der Waals surface area contributed by atoms with Crippen LogP contribution in [0.5, 0.6) is 5.75 Å². The first-order valence-corrected chi connectivity index (χ1v) is 13.7. The van der Waals surface area contributed by atoms with Crippen molar-refractivity contribution in [3.63, 3.8) is 0 Å². The molecule has 2 saturated heterocycles. The molecule has 2 aromatic carbocycles. The van der Waals surface area contributed by atoms with Gasteiger partial charge in [-0.05, 0) is 118 Å². The third kappa shape index (κ3) is 2.80. The zero-order valence-corrected chi connectivity index (χ0v) is 20.7. The lowest BCUT2D eigenvalue weighted by atomic mass is 9.43. The van der Waals surface area contributed by atoms with E-state index in [4.69, 9.17) is 0 Å². The van der Waals surface area contributed by atoms with Gasteiger partial charge in [0.05, 0.1) is 0 Å². The van der Waals surface area contributed by atoms with Gasteiger partial charge in [0.2, 0.25) is 0 Å². The number of aromatic hydroxyl groups is 1. The molecule has 0 spiro atoms. The number of hydrogen-bond acceptors (Lipinski definition) is 4. The van der Waals surface area contributed by atoms with Gasteiger partial charge in [-0.2, -0.15) is 0 Å². The third-order valence-electron chi connectivity index (χ3n) is 10.7. The highest BCUT2D eigenvalue weighted by atomic mass is 16.3. The molecule has 6 atom stereocenters. The lowest BCUT2D eigenvalue weighted by molar-refractivity contribution is -0.101. The lowest BCUT2D eigenvalue weighted by Gasteiger charge is -2.66. The number of nitrogens with zero attached hydrogens (tertiary/aromatic N) is 2. The van der Waals surface area contributed by atoms with Gasteiger partial charge < -0.3 is 15.3 Å². The molecule has 5 nitrogen and oxygen atoms in total. The van der Waals surface area contributed by atoms with Crippen LogP contribution in [0.2, 0.25) is 0 Å². The summed E-state index contributed by atoms with van der Waals surface area (Å²) in [6.45, 7) is 4.25. The number of phenolic OH excluding ortho intramolecular Hbond substituents is 1. The first-order valence-electron chi connectivity index (χ1n) is 13.7. The molecular weight excluding hydrogens is 434 g/mol. The van der Waals surface area contributed by atoms with Crippen molar-refractivity contribution in [2.45, 2.75) is 56.0 Å². The number of likely N-dealkylation sites (tertiary alicyclic amines) is 2. The molecule has 1 amide bonds. The van der Waals surface area contributed by atoms with Crippen molar-refractivity contribution in [2.24, 2.45) is 17.3 Å². The summed E-state index contributed by atoms with van der Waals surface area (Å²) in [6, 6.07) is 17.0. The minimum atomic E-state index is 0.0861. The molecule has 4 fully saturated rings. The molecule has 4 bridgehead atoms. The highest BCUT2D eigenvalue weighted by molar-refractivity contribution is 5.94. The number of rotatable bonds is 5. The van der Waals surface area contributed by atoms with Gasteiger partial charge in [-0.3, -0.25) is 9.69 Å². The molecule has 3 aliphatic carbocycles. The molecule has 5 unspecified atom stereocenters. The van der Waals surface area contributed by atoms with E-state index in [1.807, 2.05) is 43.4 Å². The molecule has 0 radical (unpaired) electrons. The molecule has 2 heterocycles. The van der Waals surface area contributed by atoms with E-state index >= 15 is 0 Å². The van der Waals surface area contributed by atoms with Crippen LogP contribution in [0.3, 0.4) is 0 Å². The third-order valence-corrected chi connectivity index (χ3v) is 10.7. The van der Waals surface area contributed by atoms with Gasteiger partial charge in [-0.1, -0.05) is 24.3 Å². The second kappa shape index (κ2) is 7.81. The Morgan fingerprint density at radius 3 is 2.86 bits per heavy atom. The van der Waals surface area contributed by atoms with Gasteiger partial charge >= 0.3 is 0 Å². The minimum absolute atomic E-state index is 0.0861. The lowest BCUT2D eigenvalue weighted by Crippen LogP contribution is -2.69. The highest BCUT2D eigenvalue weighted by Gasteiger charge is 2.76. The van der Waals surface area contributed by atoms with E-state index in [1.165, 1.54) is 30.4 Å². The number of hydrogen-bond donors (Lipinski definition) is 2. The topological polar surface area (TPSA) is 55.8 Å². The molecule has 2 saturated carbocycles. The van der Waals surface area contributed by atoms with Crippen LogP contribution in [0.4, 0.5) is 0 Å². The van der Waals surface area contributed by atoms with Crippen LogP contribution < -0.4 is 5.32 Å². The Labute approximate surface area is 208 Å². The average molecular weight is 472 g/mol. The van der Waals surface area contributed by atoms with Crippen LogP contribution in [-0.2, 0) is 11.8 Å². The van der Waals surface area contributed by atoms with Crippen LogP contribution in [-0.4, -0.2) is 66.1 Å². The number of fused-ring (bicyclic) bond motifs is 1. The Kier molecular flexibility index (Phi) is 4.88. The van der Waals surface area contributed by atoms with Crippen molar-refractivity contribution in [3.8, 4) is 5.75 Å². The zero-order valence-electron chi connectivity index (χ0n) is 20.7. The van der Waals surface area contributed by atoms with E-state index in [1.54, 1.807) is 0 Å². The van der Waals surface area contributed by atoms with Crippen molar-refractivity contribution in [2.75, 3.05) is 33.2 Å². The maximum atomic E-state index is 13.7. The molecule has 2 N–H and O–H groups in total. The van der Waals surface area contributed by atoms with Gasteiger partial charge in [-0.15, -0.1) is 0 Å². The van der Waals surface area contributed by atoms with E-state index in [0.29, 0.717) is 29.7 Å². The summed E-state index contributed by atoms with van der Waals surface area (Å²) in [5, 5.41) is 13.9. The molecule has 5 heteroatoms.